The Morgan fingerprint density at radius 3 is 1.35 bits per heavy atom. The summed E-state index contributed by atoms with van der Waals surface area (Å²) in [5.74, 6) is 1.79. The number of nitrogens with zero attached hydrogens (tertiary/aromatic N) is 3. The molecule has 66 heavy (non-hydrogen) atoms. The zero-order chi connectivity index (χ0) is 46.4. The van der Waals surface area contributed by atoms with Crippen LogP contribution >= 0.6 is 0 Å². The Kier molecular flexibility index (Phi) is 17.1. The van der Waals surface area contributed by atoms with E-state index < -0.39 is 0 Å². The van der Waals surface area contributed by atoms with E-state index in [-0.39, 0.29) is 0 Å². The van der Waals surface area contributed by atoms with Crippen LogP contribution in [0.3, 0.4) is 0 Å². The number of benzene rings is 2. The average Bonchev–Trinajstić information content (AvgIpc) is 4.14. The van der Waals surface area contributed by atoms with Crippen molar-refractivity contribution in [2.24, 2.45) is 0 Å². The largest absolute Gasteiger partial charge is 0.493 e. The van der Waals surface area contributed by atoms with Crippen LogP contribution in [0, 0.1) is 0 Å². The van der Waals surface area contributed by atoms with E-state index in [1.165, 1.54) is 70.9 Å². The number of hydrogen-bond acceptors (Lipinski definition) is 3. The molecule has 4 aromatic heterocycles. The van der Waals surface area contributed by atoms with Crippen molar-refractivity contribution in [3.63, 3.8) is 0 Å². The summed E-state index contributed by atoms with van der Waals surface area (Å²) in [6.45, 7) is 9.42. The van der Waals surface area contributed by atoms with Crippen LogP contribution in [0.5, 0.6) is 11.5 Å². The topological polar surface area (TPSA) is 84.9 Å². The fourth-order valence-electron chi connectivity index (χ4n) is 9.33. The Balaban J connectivity index is 1.08. The van der Waals surface area contributed by atoms with Crippen molar-refractivity contribution >= 4 is 23.3 Å². The highest BCUT2D eigenvalue weighted by atomic mass is 16.5. The van der Waals surface area contributed by atoms with E-state index in [9.17, 15) is 0 Å². The number of aromatic amines is 4. The van der Waals surface area contributed by atoms with Crippen molar-refractivity contribution in [2.75, 3.05) is 88.2 Å². The van der Waals surface area contributed by atoms with Crippen molar-refractivity contribution in [2.45, 2.75) is 77.6 Å². The molecule has 0 fully saturated rings. The molecule has 0 amide bonds. The van der Waals surface area contributed by atoms with Gasteiger partial charge in [-0.1, -0.05) is 69.7 Å². The highest BCUT2D eigenvalue weighted by Gasteiger charge is 2.18. The van der Waals surface area contributed by atoms with Gasteiger partial charge in [0.2, 0.25) is 0 Å². The number of nitrogens with one attached hydrogen (secondary N) is 4. The molecule has 0 saturated carbocycles. The van der Waals surface area contributed by atoms with Gasteiger partial charge in [0.25, 0.3) is 0 Å². The zero-order valence-electron chi connectivity index (χ0n) is 41.3. The first kappa shape index (κ1) is 48.5. The minimum Gasteiger partial charge on any atom is -0.493 e. The summed E-state index contributed by atoms with van der Waals surface area (Å²) in [6.07, 6.45) is 18.5. The number of rotatable bonds is 25. The smallest absolute Gasteiger partial charge is 0.119 e. The molecule has 0 unspecified atom stereocenters. The molecule has 1 aliphatic heterocycles. The molecule has 0 atom stereocenters. The molecule has 4 N–H and O–H groups in total. The number of H-pyrrole nitrogens is 4. The molecule has 0 spiro atoms. The fourth-order valence-corrected chi connectivity index (χ4v) is 9.33. The SMILES string of the molecule is CCCCCCCCCC[N+](C)(C)CCCOc1ccc(C2=c3ccc([nH]3)=Cc3ccc([nH]3)C=c3ccc([nH]3)=C(c3ccc(OCCC[N+](C)(C)CCCN(C)C)cc3)c3ccc2[nH]3)cc1. The van der Waals surface area contributed by atoms with Gasteiger partial charge in [-0.2, -0.15) is 0 Å². The number of quaternary nitrogens is 2. The van der Waals surface area contributed by atoms with Crippen LogP contribution in [0.2, 0.25) is 0 Å². The van der Waals surface area contributed by atoms with Crippen LogP contribution in [0.1, 0.15) is 111 Å². The molecule has 1 aliphatic rings. The molecule has 8 bridgehead atoms. The summed E-state index contributed by atoms with van der Waals surface area (Å²) in [5, 5.41) is 4.11. The Hall–Kier alpha value is -5.48. The van der Waals surface area contributed by atoms with E-state index in [0.717, 1.165) is 119 Å². The van der Waals surface area contributed by atoms with E-state index in [1.54, 1.807) is 0 Å². The number of aromatic nitrogens is 4. The maximum absolute atomic E-state index is 6.34. The highest BCUT2D eigenvalue weighted by molar-refractivity contribution is 5.82. The number of fused-ring (bicyclic) bond motifs is 8. The first-order valence-corrected chi connectivity index (χ1v) is 24.9. The predicted molar refractivity (Wildman–Crippen MR) is 275 cm³/mol. The van der Waals surface area contributed by atoms with Gasteiger partial charge in [-0.05, 0) is 123 Å². The van der Waals surface area contributed by atoms with Crippen LogP contribution in [0.15, 0.2) is 97.1 Å². The van der Waals surface area contributed by atoms with E-state index in [2.05, 4.69) is 183 Å². The molecule has 0 saturated heterocycles. The maximum Gasteiger partial charge on any atom is 0.119 e. The van der Waals surface area contributed by atoms with Gasteiger partial charge in [0.15, 0.2) is 0 Å². The lowest BCUT2D eigenvalue weighted by Crippen LogP contribution is -2.42. The number of hydrogen-bond donors (Lipinski definition) is 4. The van der Waals surface area contributed by atoms with Gasteiger partial charge in [0.1, 0.15) is 11.5 Å². The average molecular weight is 894 g/mol. The third kappa shape index (κ3) is 14.3. The molecule has 9 nitrogen and oxygen atoms in total. The minimum atomic E-state index is 0.697. The predicted octanol–water partition coefficient (Wildman–Crippen LogP) is 8.25. The fraction of sp³-hybridized carbons (Fsp3) is 0.439. The highest BCUT2D eigenvalue weighted by Crippen LogP contribution is 2.28. The molecule has 6 aromatic rings. The lowest BCUT2D eigenvalue weighted by Gasteiger charge is -2.30. The summed E-state index contributed by atoms with van der Waals surface area (Å²) in [7, 11) is 13.7. The van der Waals surface area contributed by atoms with Gasteiger partial charge >= 0.3 is 0 Å². The van der Waals surface area contributed by atoms with Gasteiger partial charge in [0, 0.05) is 81.1 Å². The van der Waals surface area contributed by atoms with E-state index in [0.29, 0.717) is 13.2 Å². The lowest BCUT2D eigenvalue weighted by molar-refractivity contribution is -0.890. The molecule has 0 aliphatic carbocycles. The van der Waals surface area contributed by atoms with Crippen molar-refractivity contribution in [1.29, 1.82) is 0 Å². The Morgan fingerprint density at radius 1 is 0.439 bits per heavy atom. The number of ether oxygens (including phenoxy) is 2. The molecule has 2 aromatic carbocycles. The van der Waals surface area contributed by atoms with Crippen LogP contribution in [-0.2, 0) is 0 Å². The monoisotopic (exact) mass is 894 g/mol. The summed E-state index contributed by atoms with van der Waals surface area (Å²) < 4.78 is 14.7. The Labute approximate surface area is 394 Å². The second kappa shape index (κ2) is 23.3. The van der Waals surface area contributed by atoms with Crippen molar-refractivity contribution in [1.82, 2.24) is 24.8 Å². The van der Waals surface area contributed by atoms with Crippen molar-refractivity contribution in [3.8, 4) is 11.5 Å². The normalized spacial score (nSPS) is 13.0. The van der Waals surface area contributed by atoms with E-state index >= 15 is 0 Å². The van der Waals surface area contributed by atoms with Crippen LogP contribution < -0.4 is 30.9 Å². The van der Waals surface area contributed by atoms with Gasteiger partial charge in [-0.15, -0.1) is 0 Å². The molecular weight excluding hydrogens is 815 g/mol. The van der Waals surface area contributed by atoms with Gasteiger partial charge < -0.3 is 43.3 Å². The van der Waals surface area contributed by atoms with Gasteiger partial charge in [0.05, 0.1) is 67.6 Å². The van der Waals surface area contributed by atoms with Crippen molar-refractivity contribution < 1.29 is 18.4 Å². The molecule has 352 valence electrons. The molecule has 7 rings (SSSR count). The van der Waals surface area contributed by atoms with Gasteiger partial charge in [-0.25, -0.2) is 0 Å². The first-order chi connectivity index (χ1) is 31.9. The summed E-state index contributed by atoms with van der Waals surface area (Å²) in [5.41, 5.74) is 8.50. The minimum absolute atomic E-state index is 0.697. The Morgan fingerprint density at radius 2 is 0.879 bits per heavy atom. The van der Waals surface area contributed by atoms with E-state index in [4.69, 9.17) is 9.47 Å². The van der Waals surface area contributed by atoms with Crippen LogP contribution in [-0.4, -0.2) is 122 Å². The second-order valence-electron chi connectivity index (χ2n) is 20.2. The lowest BCUT2D eigenvalue weighted by atomic mass is 10.0. The van der Waals surface area contributed by atoms with Gasteiger partial charge in [-0.3, -0.25) is 0 Å². The van der Waals surface area contributed by atoms with E-state index in [1.807, 2.05) is 0 Å². The summed E-state index contributed by atoms with van der Waals surface area (Å²) in [4.78, 5) is 17.2. The third-order valence-electron chi connectivity index (χ3n) is 13.2. The van der Waals surface area contributed by atoms with Crippen molar-refractivity contribution in [3.05, 3.63) is 152 Å². The molecule has 0 radical (unpaired) electrons. The molecule has 9 heteroatoms. The standard InChI is InChI=1S/C57H79N7O2/c1-8-9-10-11-12-13-14-15-36-63(4,5)38-17-40-65-50-27-19-44(20-28-50)56-52-31-25-48(59-52)42-46-23-24-47(58-46)43-49-26-32-53(60-49)57(55-34-33-54(56)61-55)45-21-29-51(30-22-45)66-41-18-39-64(6,7)37-16-35-62(2)3/h19-34,42-43,58-61H,8-18,35-41H2,1-7H3/q+2. The summed E-state index contributed by atoms with van der Waals surface area (Å²) >= 11 is 0. The van der Waals surface area contributed by atoms with Crippen LogP contribution in [0.4, 0.5) is 0 Å². The van der Waals surface area contributed by atoms with Crippen LogP contribution in [0.25, 0.3) is 23.3 Å². The zero-order valence-corrected chi connectivity index (χ0v) is 41.3. The second-order valence-corrected chi connectivity index (χ2v) is 20.2. The first-order valence-electron chi connectivity index (χ1n) is 24.9. The quantitative estimate of drug-likeness (QED) is 0.0345. The third-order valence-corrected chi connectivity index (χ3v) is 13.2. The maximum atomic E-state index is 6.34. The number of unbranched alkanes of at least 4 members (excludes halogenated alkanes) is 7. The molecule has 5 heterocycles. The molecular formula is C57H79N7O2+2. The Bertz CT molecular complexity index is 2660. The summed E-state index contributed by atoms with van der Waals surface area (Å²) in [6, 6.07) is 34.5.